The molecule has 0 radical (unpaired) electrons. The normalized spacial score (nSPS) is 10.6. The van der Waals surface area contributed by atoms with Crippen molar-refractivity contribution in [2.75, 3.05) is 0 Å². The van der Waals surface area contributed by atoms with E-state index in [0.717, 1.165) is 21.6 Å². The number of halogens is 1. The van der Waals surface area contributed by atoms with Crippen LogP contribution in [0.25, 0.3) is 11.4 Å². The van der Waals surface area contributed by atoms with Crippen LogP contribution < -0.4 is 0 Å². The summed E-state index contributed by atoms with van der Waals surface area (Å²) in [5, 5.41) is 4.18. The van der Waals surface area contributed by atoms with E-state index in [2.05, 4.69) is 43.6 Å². The number of hydrogen-bond acceptors (Lipinski definition) is 3. The monoisotopic (exact) mass is 300 g/mol. The molecular formula is C10H9BrN2S2. The molecule has 2 aromatic heterocycles. The molecule has 0 aliphatic rings. The number of hydrogen-bond donors (Lipinski definition) is 1. The molecule has 2 rings (SSSR count). The van der Waals surface area contributed by atoms with Crippen LogP contribution in [0, 0.1) is 18.5 Å². The van der Waals surface area contributed by atoms with Crippen LogP contribution in [-0.2, 0) is 0 Å². The van der Waals surface area contributed by atoms with Crippen LogP contribution in [0.5, 0.6) is 0 Å². The van der Waals surface area contributed by atoms with Crippen LogP contribution in [0.3, 0.4) is 0 Å². The fraction of sp³-hybridized carbons (Fsp3) is 0.200. The van der Waals surface area contributed by atoms with Crippen molar-refractivity contribution in [3.8, 4) is 11.4 Å². The molecule has 0 saturated heterocycles. The Morgan fingerprint density at radius 3 is 2.67 bits per heavy atom. The fourth-order valence-corrected chi connectivity index (χ4v) is 2.57. The number of aromatic amines is 1. The predicted octanol–water partition coefficient (Wildman–Crippen LogP) is 4.25. The number of aryl methyl sites for hydroxylation is 2. The van der Waals surface area contributed by atoms with Crippen LogP contribution in [0.4, 0.5) is 0 Å². The van der Waals surface area contributed by atoms with Crippen LogP contribution in [0.2, 0.25) is 0 Å². The van der Waals surface area contributed by atoms with Crippen molar-refractivity contribution in [1.29, 1.82) is 0 Å². The van der Waals surface area contributed by atoms with E-state index in [1.165, 1.54) is 5.56 Å². The Balaban J connectivity index is 2.66. The number of nitrogens with zero attached hydrogens (tertiary/aromatic N) is 1. The van der Waals surface area contributed by atoms with Gasteiger partial charge in [0.25, 0.3) is 0 Å². The molecule has 2 heterocycles. The Morgan fingerprint density at radius 1 is 1.40 bits per heavy atom. The minimum absolute atomic E-state index is 0.604. The molecule has 0 atom stereocenters. The van der Waals surface area contributed by atoms with E-state index in [1.807, 2.05) is 6.92 Å². The molecule has 0 spiro atoms. The highest BCUT2D eigenvalue weighted by Gasteiger charge is 2.07. The van der Waals surface area contributed by atoms with Crippen molar-refractivity contribution in [1.82, 2.24) is 9.97 Å². The summed E-state index contributed by atoms with van der Waals surface area (Å²) in [5.74, 6) is 0.847. The lowest BCUT2D eigenvalue weighted by Crippen LogP contribution is -1.94. The van der Waals surface area contributed by atoms with Crippen LogP contribution >= 0.6 is 39.5 Å². The summed E-state index contributed by atoms with van der Waals surface area (Å²) in [4.78, 5) is 7.60. The SMILES string of the molecule is Cc1cscc1-c1nc(=S)c(Br)c(C)[nH]1. The van der Waals surface area contributed by atoms with Gasteiger partial charge in [-0.05, 0) is 40.7 Å². The molecule has 15 heavy (non-hydrogen) atoms. The zero-order chi connectivity index (χ0) is 11.0. The average Bonchev–Trinajstić information content (AvgIpc) is 2.60. The first-order valence-electron chi connectivity index (χ1n) is 4.39. The number of thiophene rings is 1. The first-order valence-corrected chi connectivity index (χ1v) is 6.53. The lowest BCUT2D eigenvalue weighted by molar-refractivity contribution is 1.08. The third-order valence-corrected chi connectivity index (χ3v) is 4.54. The molecule has 5 heteroatoms. The Morgan fingerprint density at radius 2 is 2.13 bits per heavy atom. The van der Waals surface area contributed by atoms with E-state index in [1.54, 1.807) is 11.3 Å². The van der Waals surface area contributed by atoms with Gasteiger partial charge in [-0.3, -0.25) is 0 Å². The van der Waals surface area contributed by atoms with Gasteiger partial charge in [-0.2, -0.15) is 11.3 Å². The van der Waals surface area contributed by atoms with Gasteiger partial charge < -0.3 is 4.98 Å². The maximum absolute atomic E-state index is 5.17. The molecule has 0 aliphatic heterocycles. The Hall–Kier alpha value is -0.520. The summed E-state index contributed by atoms with van der Waals surface area (Å²) in [6.45, 7) is 4.05. The van der Waals surface area contributed by atoms with Crippen LogP contribution in [0.1, 0.15) is 11.3 Å². The highest BCUT2D eigenvalue weighted by atomic mass is 79.9. The lowest BCUT2D eigenvalue weighted by Gasteiger charge is -2.04. The molecule has 78 valence electrons. The molecule has 1 N–H and O–H groups in total. The van der Waals surface area contributed by atoms with Gasteiger partial charge in [0.2, 0.25) is 0 Å². The van der Waals surface area contributed by atoms with E-state index in [-0.39, 0.29) is 0 Å². The van der Waals surface area contributed by atoms with Crippen molar-refractivity contribution in [3.05, 3.63) is 31.1 Å². The van der Waals surface area contributed by atoms with E-state index >= 15 is 0 Å². The molecule has 0 amide bonds. The van der Waals surface area contributed by atoms with Crippen LogP contribution in [0.15, 0.2) is 15.2 Å². The molecule has 0 unspecified atom stereocenters. The molecule has 0 fully saturated rings. The zero-order valence-electron chi connectivity index (χ0n) is 8.30. The lowest BCUT2D eigenvalue weighted by atomic mass is 10.2. The van der Waals surface area contributed by atoms with Crippen molar-refractivity contribution >= 4 is 39.5 Å². The zero-order valence-corrected chi connectivity index (χ0v) is 11.5. The van der Waals surface area contributed by atoms with Gasteiger partial charge in [-0.25, -0.2) is 4.98 Å². The second kappa shape index (κ2) is 4.15. The molecule has 0 saturated carbocycles. The third-order valence-electron chi connectivity index (χ3n) is 2.15. The van der Waals surface area contributed by atoms with Crippen LogP contribution in [-0.4, -0.2) is 9.97 Å². The minimum atomic E-state index is 0.604. The second-order valence-corrected chi connectivity index (χ2v) is 5.22. The summed E-state index contributed by atoms with van der Waals surface area (Å²) in [6.07, 6.45) is 0. The smallest absolute Gasteiger partial charge is 0.144 e. The van der Waals surface area contributed by atoms with Crippen molar-refractivity contribution in [2.45, 2.75) is 13.8 Å². The van der Waals surface area contributed by atoms with Gasteiger partial charge in [0.05, 0.1) is 4.47 Å². The van der Waals surface area contributed by atoms with Gasteiger partial charge in [-0.15, -0.1) is 0 Å². The fourth-order valence-electron chi connectivity index (χ4n) is 1.30. The topological polar surface area (TPSA) is 28.7 Å². The van der Waals surface area contributed by atoms with E-state index in [9.17, 15) is 0 Å². The molecular weight excluding hydrogens is 292 g/mol. The molecule has 2 aromatic rings. The summed E-state index contributed by atoms with van der Waals surface area (Å²) < 4.78 is 1.47. The number of rotatable bonds is 1. The molecule has 0 bridgehead atoms. The standard InChI is InChI=1S/C10H9BrN2S2/c1-5-3-15-4-7(5)9-12-6(2)8(11)10(14)13-9/h3-4H,1-2H3,(H,12,13,14). The van der Waals surface area contributed by atoms with E-state index < -0.39 is 0 Å². The first kappa shape index (κ1) is 11.0. The molecule has 0 aromatic carbocycles. The Kier molecular flexibility index (Phi) is 3.04. The maximum atomic E-state index is 5.17. The largest absolute Gasteiger partial charge is 0.342 e. The number of aromatic nitrogens is 2. The van der Waals surface area contributed by atoms with Gasteiger partial charge >= 0.3 is 0 Å². The number of H-pyrrole nitrogens is 1. The van der Waals surface area contributed by atoms with Gasteiger partial charge in [0.15, 0.2) is 0 Å². The quantitative estimate of drug-likeness (QED) is 0.798. The highest BCUT2D eigenvalue weighted by Crippen LogP contribution is 2.25. The second-order valence-electron chi connectivity index (χ2n) is 3.30. The van der Waals surface area contributed by atoms with Crippen molar-refractivity contribution in [2.24, 2.45) is 0 Å². The van der Waals surface area contributed by atoms with Gasteiger partial charge in [0, 0.05) is 16.6 Å². The Labute approximate surface area is 106 Å². The maximum Gasteiger partial charge on any atom is 0.144 e. The molecule has 2 nitrogen and oxygen atoms in total. The van der Waals surface area contributed by atoms with Crippen molar-refractivity contribution in [3.63, 3.8) is 0 Å². The first-order chi connectivity index (χ1) is 7.09. The summed E-state index contributed by atoms with van der Waals surface area (Å²) in [6, 6.07) is 0. The summed E-state index contributed by atoms with van der Waals surface area (Å²) >= 11 is 10.2. The summed E-state index contributed by atoms with van der Waals surface area (Å²) in [5.41, 5.74) is 3.36. The average molecular weight is 301 g/mol. The van der Waals surface area contributed by atoms with Gasteiger partial charge in [-0.1, -0.05) is 12.2 Å². The third kappa shape index (κ3) is 2.04. The minimum Gasteiger partial charge on any atom is -0.342 e. The van der Waals surface area contributed by atoms with Crippen molar-refractivity contribution < 1.29 is 0 Å². The van der Waals surface area contributed by atoms with E-state index in [0.29, 0.717) is 4.64 Å². The summed E-state index contributed by atoms with van der Waals surface area (Å²) in [7, 11) is 0. The highest BCUT2D eigenvalue weighted by molar-refractivity contribution is 9.10. The Bertz CT molecular complexity index is 557. The molecule has 0 aliphatic carbocycles. The predicted molar refractivity (Wildman–Crippen MR) is 69.9 cm³/mol. The van der Waals surface area contributed by atoms with E-state index in [4.69, 9.17) is 12.2 Å². The number of nitrogens with one attached hydrogen (secondary N) is 1. The van der Waals surface area contributed by atoms with Gasteiger partial charge in [0.1, 0.15) is 10.5 Å².